The zero-order valence-corrected chi connectivity index (χ0v) is 22.0. The van der Waals surface area contributed by atoms with Gasteiger partial charge in [-0.15, -0.1) is 0 Å². The molecule has 6 heterocycles. The second kappa shape index (κ2) is 10.2. The Morgan fingerprint density at radius 2 is 1.49 bits per heavy atom. The molecule has 206 valence electrons. The summed E-state index contributed by atoms with van der Waals surface area (Å²) < 4.78 is 21.6. The Bertz CT molecular complexity index is 1260. The molecule has 4 fully saturated rings. The minimum Gasteiger partial charge on any atom is -0.454 e. The predicted molar refractivity (Wildman–Crippen MR) is 141 cm³/mol. The second-order valence-corrected chi connectivity index (χ2v) is 11.1. The topological polar surface area (TPSA) is 92.8 Å². The van der Waals surface area contributed by atoms with Crippen molar-refractivity contribution in [2.45, 2.75) is 18.9 Å². The van der Waals surface area contributed by atoms with Crippen LogP contribution in [0.5, 0.6) is 23.0 Å². The van der Waals surface area contributed by atoms with E-state index in [1.54, 1.807) is 24.3 Å². The van der Waals surface area contributed by atoms with E-state index in [4.69, 9.17) is 18.9 Å². The molecule has 2 aromatic rings. The third-order valence-corrected chi connectivity index (χ3v) is 8.92. The van der Waals surface area contributed by atoms with Crippen LogP contribution in [-0.2, 0) is 0 Å². The summed E-state index contributed by atoms with van der Waals surface area (Å²) in [6.45, 7) is 7.60. The van der Waals surface area contributed by atoms with E-state index in [2.05, 4.69) is 15.1 Å². The fourth-order valence-electron chi connectivity index (χ4n) is 6.70. The first-order valence-electron chi connectivity index (χ1n) is 13.9. The first kappa shape index (κ1) is 24.5. The van der Waals surface area contributed by atoms with Gasteiger partial charge < -0.3 is 29.2 Å². The van der Waals surface area contributed by atoms with Crippen molar-refractivity contribution in [3.8, 4) is 23.0 Å². The van der Waals surface area contributed by atoms with Crippen molar-refractivity contribution >= 4 is 11.8 Å². The molecule has 8 rings (SSSR count). The number of hydrogen-bond acceptors (Lipinski definition) is 8. The standard InChI is InChI=1S/C29H34N4O6/c34-28(20-1-3-24-26(12-20)38-17-36-24)30-14-23-11-19-5-6-33(23)16-22(19)15-31-7-9-32(10-8-31)29(35)21-2-4-25-27(13-21)39-18-37-25/h1-4,12-13,19,22-23H,5-11,14-18H2,(H,30,34)/t19-,22-,23+/m0/s1. The number of carbonyl (C=O) groups excluding carboxylic acids is 2. The first-order chi connectivity index (χ1) is 19.1. The third-order valence-electron chi connectivity index (χ3n) is 8.92. The molecular weight excluding hydrogens is 500 g/mol. The van der Waals surface area contributed by atoms with E-state index in [-0.39, 0.29) is 25.4 Å². The number of fused-ring (bicyclic) bond motifs is 5. The van der Waals surface area contributed by atoms with Crippen LogP contribution >= 0.6 is 0 Å². The van der Waals surface area contributed by atoms with Gasteiger partial charge in [0.05, 0.1) is 0 Å². The highest BCUT2D eigenvalue weighted by Gasteiger charge is 2.41. The molecule has 4 atom stereocenters. The van der Waals surface area contributed by atoms with Crippen LogP contribution in [0.4, 0.5) is 0 Å². The van der Waals surface area contributed by atoms with Gasteiger partial charge in [-0.2, -0.15) is 0 Å². The summed E-state index contributed by atoms with van der Waals surface area (Å²) in [4.78, 5) is 32.8. The number of hydrogen-bond donors (Lipinski definition) is 1. The van der Waals surface area contributed by atoms with Crippen molar-refractivity contribution in [1.29, 1.82) is 0 Å². The third kappa shape index (κ3) is 4.87. The molecule has 6 aliphatic heterocycles. The fraction of sp³-hybridized carbons (Fsp3) is 0.517. The molecule has 1 N–H and O–H groups in total. The van der Waals surface area contributed by atoms with Crippen molar-refractivity contribution < 1.29 is 28.5 Å². The van der Waals surface area contributed by atoms with Crippen molar-refractivity contribution in [2.75, 3.05) is 65.9 Å². The summed E-state index contributed by atoms with van der Waals surface area (Å²) in [5.74, 6) is 3.96. The maximum atomic E-state index is 13.0. The number of carbonyl (C=O) groups is 2. The molecule has 39 heavy (non-hydrogen) atoms. The van der Waals surface area contributed by atoms with E-state index >= 15 is 0 Å². The highest BCUT2D eigenvalue weighted by molar-refractivity contribution is 5.95. The molecule has 2 amide bonds. The molecule has 0 saturated carbocycles. The lowest BCUT2D eigenvalue weighted by molar-refractivity contribution is -0.0163. The second-order valence-electron chi connectivity index (χ2n) is 11.1. The number of piperidine rings is 3. The Balaban J connectivity index is 0.879. The van der Waals surface area contributed by atoms with Gasteiger partial charge in [0.25, 0.3) is 11.8 Å². The largest absolute Gasteiger partial charge is 0.454 e. The van der Waals surface area contributed by atoms with Crippen molar-refractivity contribution in [3.05, 3.63) is 47.5 Å². The van der Waals surface area contributed by atoms with Crippen molar-refractivity contribution in [1.82, 2.24) is 20.0 Å². The summed E-state index contributed by atoms with van der Waals surface area (Å²) in [7, 11) is 0. The van der Waals surface area contributed by atoms with E-state index in [0.29, 0.717) is 58.5 Å². The molecule has 6 aliphatic rings. The number of ether oxygens (including phenoxy) is 4. The monoisotopic (exact) mass is 534 g/mol. The fourth-order valence-corrected chi connectivity index (χ4v) is 6.70. The van der Waals surface area contributed by atoms with Gasteiger partial charge in [-0.05, 0) is 67.6 Å². The van der Waals surface area contributed by atoms with E-state index < -0.39 is 0 Å². The lowest BCUT2D eigenvalue weighted by atomic mass is 9.75. The summed E-state index contributed by atoms with van der Waals surface area (Å²) >= 11 is 0. The van der Waals surface area contributed by atoms with Gasteiger partial charge in [-0.3, -0.25) is 19.4 Å². The van der Waals surface area contributed by atoms with Crippen LogP contribution in [-0.4, -0.2) is 98.5 Å². The molecule has 2 bridgehead atoms. The van der Waals surface area contributed by atoms with Crippen molar-refractivity contribution in [2.24, 2.45) is 11.8 Å². The maximum Gasteiger partial charge on any atom is 0.254 e. The number of nitrogens with one attached hydrogen (secondary N) is 1. The molecule has 0 aromatic heterocycles. The lowest BCUT2D eigenvalue weighted by Gasteiger charge is -2.51. The number of rotatable bonds is 6. The van der Waals surface area contributed by atoms with Crippen LogP contribution in [0.3, 0.4) is 0 Å². The van der Waals surface area contributed by atoms with Gasteiger partial charge >= 0.3 is 0 Å². The van der Waals surface area contributed by atoms with Gasteiger partial charge in [0.2, 0.25) is 13.6 Å². The maximum absolute atomic E-state index is 13.0. The molecule has 10 heteroatoms. The quantitative estimate of drug-likeness (QED) is 0.602. The normalized spacial score (nSPS) is 27.0. The van der Waals surface area contributed by atoms with Gasteiger partial charge in [-0.25, -0.2) is 0 Å². The Hall–Kier alpha value is -3.50. The molecular formula is C29H34N4O6. The van der Waals surface area contributed by atoms with E-state index in [0.717, 1.165) is 52.2 Å². The smallest absolute Gasteiger partial charge is 0.254 e. The average Bonchev–Trinajstić information content (AvgIpc) is 3.65. The molecule has 0 radical (unpaired) electrons. The van der Waals surface area contributed by atoms with Crippen LogP contribution in [0, 0.1) is 11.8 Å². The van der Waals surface area contributed by atoms with E-state index in [1.807, 2.05) is 17.0 Å². The molecule has 4 saturated heterocycles. The van der Waals surface area contributed by atoms with Crippen LogP contribution < -0.4 is 24.3 Å². The van der Waals surface area contributed by atoms with Gasteiger partial charge in [0.15, 0.2) is 23.0 Å². The lowest BCUT2D eigenvalue weighted by Crippen LogP contribution is -2.59. The minimum atomic E-state index is -0.0688. The number of nitrogens with zero attached hydrogens (tertiary/aromatic N) is 3. The molecule has 0 spiro atoms. The Labute approximate surface area is 227 Å². The Morgan fingerprint density at radius 1 is 0.821 bits per heavy atom. The van der Waals surface area contributed by atoms with Crippen LogP contribution in [0.1, 0.15) is 33.6 Å². The number of piperazine rings is 1. The van der Waals surface area contributed by atoms with Gasteiger partial charge in [0.1, 0.15) is 0 Å². The van der Waals surface area contributed by atoms with Gasteiger partial charge in [-0.1, -0.05) is 0 Å². The van der Waals surface area contributed by atoms with Crippen molar-refractivity contribution in [3.63, 3.8) is 0 Å². The summed E-state index contributed by atoms with van der Waals surface area (Å²) in [5.41, 5.74) is 1.26. The summed E-state index contributed by atoms with van der Waals surface area (Å²) in [5, 5.41) is 3.14. The van der Waals surface area contributed by atoms with Gasteiger partial charge in [0, 0.05) is 63.0 Å². The first-order valence-corrected chi connectivity index (χ1v) is 13.9. The zero-order valence-electron chi connectivity index (χ0n) is 22.0. The molecule has 10 nitrogen and oxygen atoms in total. The number of amides is 2. The molecule has 1 unspecified atom stereocenters. The van der Waals surface area contributed by atoms with Crippen LogP contribution in [0.2, 0.25) is 0 Å². The predicted octanol–water partition coefficient (Wildman–Crippen LogP) is 2.04. The van der Waals surface area contributed by atoms with E-state index in [1.165, 1.54) is 6.42 Å². The summed E-state index contributed by atoms with van der Waals surface area (Å²) in [6, 6.07) is 11.1. The average molecular weight is 535 g/mol. The SMILES string of the molecule is O=C(NC[C@H]1C[C@@H]2CCN1C[C@@H]2CN1CCN(C(=O)c2ccc3c(c2)OCO3)CC1)c1ccc2c(c1)OCO2. The summed E-state index contributed by atoms with van der Waals surface area (Å²) in [6.07, 6.45) is 2.34. The van der Waals surface area contributed by atoms with Crippen LogP contribution in [0.15, 0.2) is 36.4 Å². The van der Waals surface area contributed by atoms with E-state index in [9.17, 15) is 9.59 Å². The Morgan fingerprint density at radius 3 is 2.18 bits per heavy atom. The molecule has 2 aromatic carbocycles. The molecule has 0 aliphatic carbocycles. The van der Waals surface area contributed by atoms with Crippen LogP contribution in [0.25, 0.3) is 0 Å². The number of benzene rings is 2. The highest BCUT2D eigenvalue weighted by atomic mass is 16.7. The highest BCUT2D eigenvalue weighted by Crippen LogP contribution is 2.37. The Kier molecular flexibility index (Phi) is 6.44. The minimum absolute atomic E-state index is 0.0569. The zero-order chi connectivity index (χ0) is 26.3.